The first kappa shape index (κ1) is 49.9. The Morgan fingerprint density at radius 1 is 0.915 bits per heavy atom. The minimum atomic E-state index is -3.14. The summed E-state index contributed by atoms with van der Waals surface area (Å²) in [5.74, 6) is -4.03. The van der Waals surface area contributed by atoms with E-state index < -0.39 is 47.8 Å². The average molecular weight is 978 g/mol. The molecular formula is C54H66F3N9O5. The summed E-state index contributed by atoms with van der Waals surface area (Å²) in [4.78, 5) is 67.4. The zero-order chi connectivity index (χ0) is 50.2. The third-order valence-electron chi connectivity index (χ3n) is 15.3. The number of ether oxygens (including phenoxy) is 1. The molecule has 14 nitrogen and oxygen atoms in total. The highest BCUT2D eigenvalue weighted by atomic mass is 19.3. The van der Waals surface area contributed by atoms with Crippen LogP contribution in [0.4, 0.5) is 35.3 Å². The summed E-state index contributed by atoms with van der Waals surface area (Å²) in [5.41, 5.74) is 4.80. The summed E-state index contributed by atoms with van der Waals surface area (Å²) in [6.07, 6.45) is 7.98. The predicted octanol–water partition coefficient (Wildman–Crippen LogP) is 8.45. The van der Waals surface area contributed by atoms with Gasteiger partial charge < -0.3 is 19.9 Å². The van der Waals surface area contributed by atoms with E-state index in [2.05, 4.69) is 56.8 Å². The van der Waals surface area contributed by atoms with E-state index in [0.717, 1.165) is 68.2 Å². The van der Waals surface area contributed by atoms with Crippen molar-refractivity contribution in [1.29, 1.82) is 0 Å². The zero-order valence-electron chi connectivity index (χ0n) is 41.4. The van der Waals surface area contributed by atoms with E-state index in [-0.39, 0.29) is 48.6 Å². The predicted molar refractivity (Wildman–Crippen MR) is 266 cm³/mol. The van der Waals surface area contributed by atoms with Crippen LogP contribution in [0, 0.1) is 11.7 Å². The van der Waals surface area contributed by atoms with Gasteiger partial charge in [-0.2, -0.15) is 0 Å². The largest absolute Gasteiger partial charge is 0.444 e. The highest BCUT2D eigenvalue weighted by Gasteiger charge is 2.47. The molecule has 4 saturated heterocycles. The third kappa shape index (κ3) is 11.4. The van der Waals surface area contributed by atoms with Gasteiger partial charge in [-0.1, -0.05) is 18.2 Å². The number of nitrogens with one attached hydrogen (secondary N) is 3. The number of aromatic nitrogens is 2. The third-order valence-corrected chi connectivity index (χ3v) is 15.3. The molecule has 4 aromatic rings. The molecule has 378 valence electrons. The molecule has 4 fully saturated rings. The van der Waals surface area contributed by atoms with E-state index >= 15 is 13.2 Å². The number of hydrogen-bond donors (Lipinski definition) is 3. The lowest BCUT2D eigenvalue weighted by Crippen LogP contribution is -2.50. The lowest BCUT2D eigenvalue weighted by Gasteiger charge is -2.41. The molecule has 5 aliphatic rings. The van der Waals surface area contributed by atoms with Gasteiger partial charge in [-0.3, -0.25) is 34.8 Å². The Kier molecular flexibility index (Phi) is 14.5. The van der Waals surface area contributed by atoms with Crippen molar-refractivity contribution in [1.82, 2.24) is 30.0 Å². The van der Waals surface area contributed by atoms with Crippen molar-refractivity contribution in [2.45, 2.75) is 121 Å². The number of carbonyl (C=O) groups is 4. The first-order valence-corrected chi connectivity index (χ1v) is 25.2. The molecule has 0 radical (unpaired) electrons. The Morgan fingerprint density at radius 2 is 1.66 bits per heavy atom. The van der Waals surface area contributed by atoms with Gasteiger partial charge in [0.1, 0.15) is 29.1 Å². The van der Waals surface area contributed by atoms with Crippen LogP contribution in [0.3, 0.4) is 0 Å². The van der Waals surface area contributed by atoms with Crippen LogP contribution in [0.5, 0.6) is 0 Å². The number of piperidine rings is 4. The molecule has 0 spiro atoms. The summed E-state index contributed by atoms with van der Waals surface area (Å²) in [6, 6.07) is 17.8. The molecule has 2 aromatic heterocycles. The summed E-state index contributed by atoms with van der Waals surface area (Å²) in [5, 5.41) is 7.87. The molecule has 17 heteroatoms. The fourth-order valence-electron chi connectivity index (χ4n) is 11.4. The Labute approximate surface area is 414 Å². The minimum absolute atomic E-state index is 0.00541. The highest BCUT2D eigenvalue weighted by Crippen LogP contribution is 2.43. The maximum Gasteiger partial charge on any atom is 0.413 e. The van der Waals surface area contributed by atoms with Gasteiger partial charge in [0.05, 0.1) is 12.5 Å². The maximum atomic E-state index is 15.7. The molecule has 71 heavy (non-hydrogen) atoms. The van der Waals surface area contributed by atoms with Gasteiger partial charge in [0.2, 0.25) is 11.8 Å². The van der Waals surface area contributed by atoms with Crippen LogP contribution in [0.15, 0.2) is 73.1 Å². The number of likely N-dealkylation sites (N-methyl/N-ethyl adjacent to an activating group) is 1. The number of alkyl halides is 2. The fourth-order valence-corrected chi connectivity index (χ4v) is 11.4. The molecule has 0 saturated carbocycles. The number of nitrogens with zero attached hydrogens (tertiary/aromatic N) is 6. The number of imide groups is 1. The molecule has 5 aliphatic heterocycles. The number of anilines is 3. The molecule has 2 aromatic carbocycles. The van der Waals surface area contributed by atoms with Crippen LogP contribution in [0.25, 0.3) is 11.1 Å². The topological polar surface area (TPSA) is 152 Å². The van der Waals surface area contributed by atoms with Crippen molar-refractivity contribution in [2.24, 2.45) is 5.92 Å². The second-order valence-corrected chi connectivity index (χ2v) is 21.2. The maximum absolute atomic E-state index is 15.7. The smallest absolute Gasteiger partial charge is 0.413 e. The molecule has 4 amide bonds. The standard InChI is InChI=1S/C54H66F3N9O5/c1-33(46-29-42-40(16-22-58-49(42)63(46)5)38-10-14-47(59-30-38)61-52(70)71-53(2,3)4)65-26-19-36(20-27-65)35-6-8-37(9-7-35)51(69)66-24-17-34(18-25-66)31-64-23-21-43(54(56,57)32-64)41-12-11-39(28-44(41)55)60-45-13-15-48(67)62-50(45)68/h6-12,14,16,22,28,30,33-34,36,43,45-46,60H,13,15,17-21,23-27,29,31-32H2,1-5H3,(H,59,61,70)(H,62,67,68)/t33-,43?,45?,46?/m0/s1. The second kappa shape index (κ2) is 20.6. The van der Waals surface area contributed by atoms with Crippen molar-refractivity contribution in [3.63, 3.8) is 0 Å². The molecule has 0 aliphatic carbocycles. The molecule has 4 atom stereocenters. The Hall–Kier alpha value is -6.07. The van der Waals surface area contributed by atoms with Crippen molar-refractivity contribution in [3.8, 4) is 11.1 Å². The van der Waals surface area contributed by atoms with Crippen molar-refractivity contribution < 1.29 is 37.1 Å². The number of halogens is 3. The van der Waals surface area contributed by atoms with Crippen molar-refractivity contribution >= 4 is 41.1 Å². The van der Waals surface area contributed by atoms with Crippen LogP contribution >= 0.6 is 0 Å². The Bertz CT molecular complexity index is 2590. The molecule has 3 N–H and O–H groups in total. The van der Waals surface area contributed by atoms with Gasteiger partial charge in [-0.05, 0) is 163 Å². The quantitative estimate of drug-likeness (QED) is 0.124. The van der Waals surface area contributed by atoms with E-state index in [9.17, 15) is 19.2 Å². The average Bonchev–Trinajstić information content (AvgIpc) is 3.68. The summed E-state index contributed by atoms with van der Waals surface area (Å²) in [7, 11) is 2.13. The monoisotopic (exact) mass is 978 g/mol. The highest BCUT2D eigenvalue weighted by molar-refractivity contribution is 6.01. The lowest BCUT2D eigenvalue weighted by atomic mass is 9.85. The van der Waals surface area contributed by atoms with Gasteiger partial charge in [0, 0.05) is 80.0 Å². The van der Waals surface area contributed by atoms with Gasteiger partial charge in [0.15, 0.2) is 0 Å². The van der Waals surface area contributed by atoms with Gasteiger partial charge in [-0.15, -0.1) is 0 Å². The zero-order valence-corrected chi connectivity index (χ0v) is 41.4. The number of amides is 4. The number of pyridine rings is 2. The minimum Gasteiger partial charge on any atom is -0.444 e. The van der Waals surface area contributed by atoms with E-state index in [1.165, 1.54) is 23.3 Å². The van der Waals surface area contributed by atoms with E-state index in [0.29, 0.717) is 55.2 Å². The summed E-state index contributed by atoms with van der Waals surface area (Å²) in [6.45, 7) is 11.3. The molecule has 3 unspecified atom stereocenters. The first-order valence-electron chi connectivity index (χ1n) is 25.2. The van der Waals surface area contributed by atoms with Crippen LogP contribution in [0.2, 0.25) is 0 Å². The molecule has 9 rings (SSSR count). The summed E-state index contributed by atoms with van der Waals surface area (Å²) >= 11 is 0. The molecular weight excluding hydrogens is 912 g/mol. The molecule has 7 heterocycles. The number of likely N-dealkylation sites (tertiary alicyclic amines) is 3. The first-order chi connectivity index (χ1) is 33.9. The Balaban J connectivity index is 0.714. The number of hydrogen-bond acceptors (Lipinski definition) is 11. The number of carbonyl (C=O) groups excluding carboxylic acids is 4. The van der Waals surface area contributed by atoms with Crippen LogP contribution in [0.1, 0.15) is 112 Å². The second-order valence-electron chi connectivity index (χ2n) is 21.2. The normalized spacial score (nSPS) is 23.0. The van der Waals surface area contributed by atoms with Gasteiger partial charge >= 0.3 is 6.09 Å². The number of fused-ring (bicyclic) bond motifs is 1. The SMILES string of the molecule is C[C@@H](C1Cc2c(-c3ccc(NC(=O)OC(C)(C)C)nc3)ccnc2N1C)N1CCC(c2ccc(C(=O)N3CCC(CN4CCC(c5ccc(NC6CCC(=O)NC6=O)cc5F)C(F)(F)C4)CC3)cc2)CC1. The van der Waals surface area contributed by atoms with E-state index in [1.807, 2.05) is 56.1 Å². The Morgan fingerprint density at radius 3 is 2.32 bits per heavy atom. The number of rotatable bonds is 11. The van der Waals surface area contributed by atoms with Crippen LogP contribution < -0.4 is 20.9 Å². The van der Waals surface area contributed by atoms with E-state index in [4.69, 9.17) is 9.72 Å². The van der Waals surface area contributed by atoms with Crippen LogP contribution in [-0.2, 0) is 20.7 Å². The van der Waals surface area contributed by atoms with E-state index in [1.54, 1.807) is 17.2 Å². The molecule has 0 bridgehead atoms. The summed E-state index contributed by atoms with van der Waals surface area (Å²) < 4.78 is 52.1. The number of benzene rings is 2. The fraction of sp³-hybridized carbons (Fsp3) is 0.519. The van der Waals surface area contributed by atoms with Crippen molar-refractivity contribution in [3.05, 3.63) is 101 Å². The van der Waals surface area contributed by atoms with Crippen LogP contribution in [-0.4, -0.2) is 131 Å². The van der Waals surface area contributed by atoms with Crippen molar-refractivity contribution in [2.75, 3.05) is 68.4 Å². The lowest BCUT2D eigenvalue weighted by molar-refractivity contribution is -0.133. The van der Waals surface area contributed by atoms with Gasteiger partial charge in [-0.25, -0.2) is 27.9 Å². The van der Waals surface area contributed by atoms with Gasteiger partial charge in [0.25, 0.3) is 11.8 Å².